The van der Waals surface area contributed by atoms with E-state index in [9.17, 15) is 13.2 Å². The molecule has 0 atom stereocenters. The van der Waals surface area contributed by atoms with Crippen molar-refractivity contribution in [2.75, 3.05) is 25.1 Å². The molecular formula is C27H32F3N5O. The number of alkyl halides is 3. The predicted octanol–water partition coefficient (Wildman–Crippen LogP) is 5.02. The number of nitrogens with one attached hydrogen (secondary N) is 2. The third-order valence-corrected chi connectivity index (χ3v) is 6.04. The first-order chi connectivity index (χ1) is 17.1. The molecule has 9 heteroatoms. The largest absolute Gasteiger partial charge is 0.406 e. The highest BCUT2D eigenvalue weighted by atomic mass is 19.4. The van der Waals surface area contributed by atoms with E-state index in [-0.39, 0.29) is 12.0 Å². The molecule has 6 nitrogen and oxygen atoms in total. The van der Waals surface area contributed by atoms with Gasteiger partial charge in [-0.05, 0) is 42.5 Å². The van der Waals surface area contributed by atoms with Gasteiger partial charge in [-0.3, -0.25) is 0 Å². The van der Waals surface area contributed by atoms with Gasteiger partial charge in [0, 0.05) is 42.1 Å². The van der Waals surface area contributed by atoms with E-state index in [1.807, 2.05) is 32.9 Å². The molecule has 1 aliphatic rings. The van der Waals surface area contributed by atoms with Crippen molar-refractivity contribution >= 4 is 16.6 Å². The van der Waals surface area contributed by atoms with Crippen LogP contribution in [0.25, 0.3) is 10.9 Å². The Bertz CT molecular complexity index is 1230. The molecule has 2 aromatic heterocycles. The average molecular weight is 500 g/mol. The Kier molecular flexibility index (Phi) is 7.86. The number of halogens is 3. The number of rotatable bonds is 6. The molecule has 3 heterocycles. The summed E-state index contributed by atoms with van der Waals surface area (Å²) in [5.74, 6) is 6.58. The Hall–Kier alpha value is -3.09. The van der Waals surface area contributed by atoms with Gasteiger partial charge < -0.3 is 19.9 Å². The second kappa shape index (κ2) is 10.9. The quantitative estimate of drug-likeness (QED) is 0.466. The minimum absolute atomic E-state index is 0.148. The van der Waals surface area contributed by atoms with Crippen LogP contribution in [0.3, 0.4) is 0 Å². The summed E-state index contributed by atoms with van der Waals surface area (Å²) in [7, 11) is 0. The molecule has 1 fully saturated rings. The van der Waals surface area contributed by atoms with Crippen molar-refractivity contribution in [2.24, 2.45) is 0 Å². The number of hydrogen-bond donors (Lipinski definition) is 2. The van der Waals surface area contributed by atoms with Crippen molar-refractivity contribution in [3.05, 3.63) is 53.7 Å². The lowest BCUT2D eigenvalue weighted by Crippen LogP contribution is -2.34. The molecule has 1 saturated heterocycles. The number of ether oxygens (including phenoxy) is 1. The highest BCUT2D eigenvalue weighted by Gasteiger charge is 2.29. The summed E-state index contributed by atoms with van der Waals surface area (Å²) in [4.78, 5) is 8.72. The summed E-state index contributed by atoms with van der Waals surface area (Å²) in [6.45, 7) is 7.44. The van der Waals surface area contributed by atoms with Gasteiger partial charge in [0.1, 0.15) is 12.4 Å². The Balaban J connectivity index is 1.48. The van der Waals surface area contributed by atoms with Crippen molar-refractivity contribution in [1.29, 1.82) is 0 Å². The zero-order valence-corrected chi connectivity index (χ0v) is 20.9. The maximum absolute atomic E-state index is 13.3. The van der Waals surface area contributed by atoms with E-state index in [1.54, 1.807) is 24.5 Å². The number of fused-ring (bicyclic) bond motifs is 1. The Morgan fingerprint density at radius 2 is 1.81 bits per heavy atom. The molecule has 0 radical (unpaired) electrons. The normalized spacial score (nSPS) is 15.1. The molecule has 1 aromatic carbocycles. The molecule has 0 spiro atoms. The third-order valence-electron chi connectivity index (χ3n) is 6.04. The van der Waals surface area contributed by atoms with E-state index in [1.165, 1.54) is 4.57 Å². The molecule has 0 bridgehead atoms. The van der Waals surface area contributed by atoms with Crippen LogP contribution in [0.1, 0.15) is 50.7 Å². The zero-order valence-electron chi connectivity index (χ0n) is 20.9. The lowest BCUT2D eigenvalue weighted by atomic mass is 9.96. The molecular weight excluding hydrogens is 467 g/mol. The number of aromatic nitrogens is 3. The highest BCUT2D eigenvalue weighted by Crippen LogP contribution is 2.26. The predicted molar refractivity (Wildman–Crippen MR) is 135 cm³/mol. The van der Waals surface area contributed by atoms with Crippen LogP contribution in [-0.4, -0.2) is 46.5 Å². The standard InChI is InChI=1S/C27H32F3N5O/c1-26(2,3)25-33-16-22(17-34-25)31-10-4-5-23-14-20-13-19(15-32-21-8-11-36-12-9-21)6-7-24(20)35(23)18-27(28,29)30/h6-7,13-14,16-17,21,31-32H,8-12,15,18H2,1-3H3. The molecule has 192 valence electrons. The van der Waals surface area contributed by atoms with E-state index < -0.39 is 12.7 Å². The van der Waals surface area contributed by atoms with Gasteiger partial charge in [-0.1, -0.05) is 32.8 Å². The van der Waals surface area contributed by atoms with Crippen LogP contribution in [0.2, 0.25) is 0 Å². The van der Waals surface area contributed by atoms with E-state index in [2.05, 4.69) is 32.4 Å². The van der Waals surface area contributed by atoms with Gasteiger partial charge in [-0.25, -0.2) is 9.97 Å². The fourth-order valence-electron chi connectivity index (χ4n) is 4.14. The van der Waals surface area contributed by atoms with Gasteiger partial charge in [0.25, 0.3) is 0 Å². The van der Waals surface area contributed by atoms with Crippen LogP contribution >= 0.6 is 0 Å². The van der Waals surface area contributed by atoms with Crippen molar-refractivity contribution in [3.8, 4) is 11.8 Å². The Morgan fingerprint density at radius 1 is 1.08 bits per heavy atom. The van der Waals surface area contributed by atoms with Crippen molar-refractivity contribution in [2.45, 2.75) is 64.3 Å². The van der Waals surface area contributed by atoms with E-state index in [0.717, 1.165) is 42.8 Å². The molecule has 2 N–H and O–H groups in total. The fraction of sp³-hybridized carbons (Fsp3) is 0.481. The van der Waals surface area contributed by atoms with E-state index in [4.69, 9.17) is 4.74 Å². The monoisotopic (exact) mass is 499 g/mol. The van der Waals surface area contributed by atoms with Gasteiger partial charge >= 0.3 is 6.18 Å². The van der Waals surface area contributed by atoms with E-state index >= 15 is 0 Å². The van der Waals surface area contributed by atoms with E-state index in [0.29, 0.717) is 29.5 Å². The van der Waals surface area contributed by atoms with Crippen LogP contribution in [0.5, 0.6) is 0 Å². The Morgan fingerprint density at radius 3 is 2.47 bits per heavy atom. The molecule has 36 heavy (non-hydrogen) atoms. The van der Waals surface area contributed by atoms with Gasteiger partial charge in [-0.15, -0.1) is 0 Å². The summed E-state index contributed by atoms with van der Waals surface area (Å²) in [5.41, 5.74) is 2.43. The first-order valence-electron chi connectivity index (χ1n) is 12.1. The number of nitrogens with zero attached hydrogens (tertiary/aromatic N) is 3. The van der Waals surface area contributed by atoms with Crippen LogP contribution in [0, 0.1) is 11.8 Å². The lowest BCUT2D eigenvalue weighted by molar-refractivity contribution is -0.140. The van der Waals surface area contributed by atoms with Crippen molar-refractivity contribution in [3.63, 3.8) is 0 Å². The van der Waals surface area contributed by atoms with Crippen LogP contribution < -0.4 is 10.6 Å². The third kappa shape index (κ3) is 6.99. The lowest BCUT2D eigenvalue weighted by Gasteiger charge is -2.23. The minimum atomic E-state index is -4.35. The average Bonchev–Trinajstić information content (AvgIpc) is 3.16. The van der Waals surface area contributed by atoms with Crippen molar-refractivity contribution in [1.82, 2.24) is 19.9 Å². The minimum Gasteiger partial charge on any atom is -0.381 e. The highest BCUT2D eigenvalue weighted by molar-refractivity contribution is 5.83. The first-order valence-corrected chi connectivity index (χ1v) is 12.1. The van der Waals surface area contributed by atoms with Gasteiger partial charge in [0.05, 0.1) is 30.3 Å². The second-order valence-corrected chi connectivity index (χ2v) is 10.1. The molecule has 0 saturated carbocycles. The summed E-state index contributed by atoms with van der Waals surface area (Å²) < 4.78 is 46.7. The van der Waals surface area contributed by atoms with Crippen LogP contribution in [0.15, 0.2) is 36.7 Å². The number of hydrogen-bond acceptors (Lipinski definition) is 5. The Labute approximate surface area is 209 Å². The molecule has 0 aliphatic carbocycles. The molecule has 0 unspecified atom stereocenters. The summed E-state index contributed by atoms with van der Waals surface area (Å²) in [6, 6.07) is 7.69. The number of anilines is 1. The van der Waals surface area contributed by atoms with Crippen molar-refractivity contribution < 1.29 is 17.9 Å². The maximum Gasteiger partial charge on any atom is 0.406 e. The van der Waals surface area contributed by atoms with Crippen LogP contribution in [0.4, 0.5) is 18.9 Å². The molecule has 3 aromatic rings. The molecule has 4 rings (SSSR count). The first kappa shape index (κ1) is 26.0. The molecule has 0 amide bonds. The zero-order chi connectivity index (χ0) is 25.8. The second-order valence-electron chi connectivity index (χ2n) is 10.1. The topological polar surface area (TPSA) is 64.0 Å². The van der Waals surface area contributed by atoms with Crippen LogP contribution in [-0.2, 0) is 23.2 Å². The molecule has 1 aliphatic heterocycles. The summed E-state index contributed by atoms with van der Waals surface area (Å²) >= 11 is 0. The van der Waals surface area contributed by atoms with Gasteiger partial charge in [-0.2, -0.15) is 13.2 Å². The summed E-state index contributed by atoms with van der Waals surface area (Å²) in [6.07, 6.45) is 0.948. The smallest absolute Gasteiger partial charge is 0.381 e. The van der Waals surface area contributed by atoms with Gasteiger partial charge in [0.2, 0.25) is 0 Å². The number of benzene rings is 1. The SMILES string of the molecule is CC(C)(C)c1ncc(NCC#Cc2cc3cc(CNC4CCOCC4)ccc3n2CC(F)(F)F)cn1. The van der Waals surface area contributed by atoms with Gasteiger partial charge in [0.15, 0.2) is 0 Å². The summed E-state index contributed by atoms with van der Waals surface area (Å²) in [5, 5.41) is 7.37. The fourth-order valence-corrected chi connectivity index (χ4v) is 4.14. The maximum atomic E-state index is 13.3.